The van der Waals surface area contributed by atoms with Gasteiger partial charge < -0.3 is 21.3 Å². The van der Waals surface area contributed by atoms with E-state index < -0.39 is 7.82 Å². The first-order valence-corrected chi connectivity index (χ1v) is 2.76. The van der Waals surface area contributed by atoms with Gasteiger partial charge in [0.2, 0.25) is 0 Å². The Kier molecular flexibility index (Phi) is 15.4. The molecule has 0 bridgehead atoms. The minimum absolute atomic E-state index is 0. The largest absolute Gasteiger partial charge is 0.521 e. The molecule has 0 aromatic carbocycles. The molecule has 8 heavy (non-hydrogen) atoms. The zero-order valence-electron chi connectivity index (χ0n) is 3.98. The second kappa shape index (κ2) is 7.73. The molecule has 0 aromatic heterocycles. The summed E-state index contributed by atoms with van der Waals surface area (Å²) < 4.78 is 8.88. The zero-order valence-corrected chi connectivity index (χ0v) is 7.33. The maximum Gasteiger partial charge on any atom is 0.466 e. The number of rotatable bonds is 0. The van der Waals surface area contributed by atoms with Crippen molar-refractivity contribution in [2.75, 3.05) is 0 Å². The molecule has 0 fully saturated rings. The van der Waals surface area contributed by atoms with Crippen molar-refractivity contribution < 1.29 is 45.4 Å². The molecule has 4 nitrogen and oxygen atoms in total. The van der Waals surface area contributed by atoms with Crippen LogP contribution in [0, 0.1) is 6.58 Å². The number of hydrogen-bond acceptors (Lipinski definition) is 1. The molecule has 0 aliphatic carbocycles. The Labute approximate surface area is 66.6 Å². The van der Waals surface area contributed by atoms with Crippen molar-refractivity contribution in [3.63, 3.8) is 0 Å². The topological polar surface area (TPSA) is 77.8 Å². The smallest absolute Gasteiger partial charge is 0.466 e. The van der Waals surface area contributed by atoms with Gasteiger partial charge in [-0.3, -0.25) is 6.58 Å². The van der Waals surface area contributed by atoms with Crippen LogP contribution in [-0.2, 0) is 30.8 Å². The molecule has 0 atom stereocenters. The van der Waals surface area contributed by atoms with Crippen LogP contribution < -0.4 is 0 Å². The average Bonchev–Trinajstić information content (AvgIpc) is 1.36. The first-order valence-electron chi connectivity index (χ1n) is 1.19. The minimum atomic E-state index is -4.64. The molecule has 3 N–H and O–H groups in total. The molecule has 0 rings (SSSR count). The van der Waals surface area contributed by atoms with Crippen molar-refractivity contribution in [1.82, 2.24) is 0 Å². The SMILES string of the molecule is O=P(O)(O)O.[CH-]=C.[Zr]. The van der Waals surface area contributed by atoms with E-state index in [1.807, 2.05) is 0 Å². The molecule has 0 aliphatic heterocycles. The molecule has 0 aromatic rings. The van der Waals surface area contributed by atoms with Crippen LogP contribution in [0.2, 0.25) is 0 Å². The van der Waals surface area contributed by atoms with Crippen molar-refractivity contribution >= 4 is 7.82 Å². The number of hydrogen-bond donors (Lipinski definition) is 3. The Bertz CT molecular complexity index is 69.8. The average molecular weight is 216 g/mol. The third kappa shape index (κ3) is 412. The van der Waals surface area contributed by atoms with Gasteiger partial charge >= 0.3 is 7.82 Å². The second-order valence-corrected chi connectivity index (χ2v) is 1.54. The zero-order chi connectivity index (χ0) is 6.50. The minimum Gasteiger partial charge on any atom is -0.521 e. The van der Waals surface area contributed by atoms with Gasteiger partial charge in [0.1, 0.15) is 0 Å². The molecule has 0 heterocycles. The van der Waals surface area contributed by atoms with E-state index in [-0.39, 0.29) is 26.2 Å². The van der Waals surface area contributed by atoms with Crippen LogP contribution >= 0.6 is 7.82 Å². The fourth-order valence-corrected chi connectivity index (χ4v) is 0. The quantitative estimate of drug-likeness (QED) is 0.383. The van der Waals surface area contributed by atoms with E-state index in [0.717, 1.165) is 0 Å². The van der Waals surface area contributed by atoms with Crippen molar-refractivity contribution in [1.29, 1.82) is 0 Å². The fraction of sp³-hybridized carbons (Fsp3) is 0. The van der Waals surface area contributed by atoms with Gasteiger partial charge in [0.05, 0.1) is 0 Å². The molecule has 0 spiro atoms. The third-order valence-electron chi connectivity index (χ3n) is 0. The fourth-order valence-electron chi connectivity index (χ4n) is 0. The molecule has 0 radical (unpaired) electrons. The van der Waals surface area contributed by atoms with Crippen molar-refractivity contribution in [3.8, 4) is 0 Å². The summed E-state index contributed by atoms with van der Waals surface area (Å²) in [5.41, 5.74) is 0. The van der Waals surface area contributed by atoms with E-state index in [0.29, 0.717) is 0 Å². The van der Waals surface area contributed by atoms with Crippen LogP contribution in [0.25, 0.3) is 0 Å². The normalized spacial score (nSPS) is 7.88. The summed E-state index contributed by atoms with van der Waals surface area (Å²) in [7, 11) is -4.64. The molecule has 0 amide bonds. The summed E-state index contributed by atoms with van der Waals surface area (Å²) in [6, 6.07) is 0. The predicted molar refractivity (Wildman–Crippen MR) is 24.2 cm³/mol. The summed E-state index contributed by atoms with van der Waals surface area (Å²) in [6.45, 7) is 7.00. The first-order chi connectivity index (χ1) is 3.00. The maximum atomic E-state index is 8.88. The van der Waals surface area contributed by atoms with E-state index in [9.17, 15) is 0 Å². The first kappa shape index (κ1) is 15.9. The van der Waals surface area contributed by atoms with Crippen molar-refractivity contribution in [2.24, 2.45) is 0 Å². The summed E-state index contributed by atoms with van der Waals surface area (Å²) in [5, 5.41) is 0. The van der Waals surface area contributed by atoms with Gasteiger partial charge in [-0.2, -0.15) is 0 Å². The summed E-state index contributed by atoms with van der Waals surface area (Å²) in [4.78, 5) is 21.6. The molecule has 0 saturated heterocycles. The second-order valence-electron chi connectivity index (χ2n) is 0.513. The Morgan fingerprint density at radius 2 is 1.25 bits per heavy atom. The van der Waals surface area contributed by atoms with Crippen LogP contribution in [0.1, 0.15) is 0 Å². The Balaban J connectivity index is -0.0000000750. The standard InChI is InChI=1S/C2H3.H3O4P.Zr/c1-2;1-5(2,3)4;/h1H,2H2;(H3,1,2,3,4);/q-1;;. The predicted octanol–water partition coefficient (Wildman–Crippen LogP) is -0.326. The van der Waals surface area contributed by atoms with Gasteiger partial charge in [-0.1, -0.05) is 0 Å². The van der Waals surface area contributed by atoms with Crippen molar-refractivity contribution in [3.05, 3.63) is 13.2 Å². The van der Waals surface area contributed by atoms with Crippen LogP contribution in [0.15, 0.2) is 6.58 Å². The van der Waals surface area contributed by atoms with Gasteiger partial charge in [0.25, 0.3) is 0 Å². The van der Waals surface area contributed by atoms with Gasteiger partial charge in [0.15, 0.2) is 0 Å². The molecule has 0 unspecified atom stereocenters. The monoisotopic (exact) mass is 215 g/mol. The molecule has 0 aliphatic rings. The van der Waals surface area contributed by atoms with Gasteiger partial charge in [0, 0.05) is 26.2 Å². The van der Waals surface area contributed by atoms with Gasteiger partial charge in [-0.25, -0.2) is 4.57 Å². The summed E-state index contributed by atoms with van der Waals surface area (Å²) in [6.07, 6.45) is 0. The molecule has 48 valence electrons. The van der Waals surface area contributed by atoms with E-state index in [4.69, 9.17) is 19.2 Å². The van der Waals surface area contributed by atoms with Crippen LogP contribution in [0.4, 0.5) is 0 Å². The van der Waals surface area contributed by atoms with Crippen LogP contribution in [0.5, 0.6) is 0 Å². The molecular weight excluding hydrogens is 210 g/mol. The molecule has 0 saturated carbocycles. The summed E-state index contributed by atoms with van der Waals surface area (Å²) >= 11 is 0. The van der Waals surface area contributed by atoms with E-state index in [1.165, 1.54) is 0 Å². The molecule has 6 heteroatoms. The molecular formula is C2H6O4PZr-. The summed E-state index contributed by atoms with van der Waals surface area (Å²) in [5.74, 6) is 0. The Morgan fingerprint density at radius 3 is 1.25 bits per heavy atom. The van der Waals surface area contributed by atoms with Gasteiger partial charge in [-0.15, -0.1) is 0 Å². The van der Waals surface area contributed by atoms with E-state index in [2.05, 4.69) is 13.2 Å². The van der Waals surface area contributed by atoms with E-state index >= 15 is 0 Å². The third-order valence-corrected chi connectivity index (χ3v) is 0. The van der Waals surface area contributed by atoms with Gasteiger partial charge in [-0.05, 0) is 0 Å². The van der Waals surface area contributed by atoms with Crippen LogP contribution in [0.3, 0.4) is 0 Å². The van der Waals surface area contributed by atoms with Crippen molar-refractivity contribution in [2.45, 2.75) is 0 Å². The Hall–Kier alpha value is 0.733. The number of phosphoric acid groups is 1. The Morgan fingerprint density at radius 1 is 1.25 bits per heavy atom. The maximum absolute atomic E-state index is 8.88. The van der Waals surface area contributed by atoms with Crippen LogP contribution in [-0.4, -0.2) is 14.7 Å². The van der Waals surface area contributed by atoms with E-state index in [1.54, 1.807) is 0 Å².